The summed E-state index contributed by atoms with van der Waals surface area (Å²) >= 11 is 2.29. The molecule has 1 atom stereocenters. The maximum absolute atomic E-state index is 8.43. The summed E-state index contributed by atoms with van der Waals surface area (Å²) in [5.74, 6) is 0. The summed E-state index contributed by atoms with van der Waals surface area (Å²) in [6.07, 6.45) is 8.33. The highest BCUT2D eigenvalue weighted by Crippen LogP contribution is 2.12. The number of hydrogen-bond acceptors (Lipinski definition) is 2. The van der Waals surface area contributed by atoms with Gasteiger partial charge in [-0.3, -0.25) is 0 Å². The van der Waals surface area contributed by atoms with E-state index >= 15 is 0 Å². The molecule has 0 amide bonds. The molecular weight excluding hydrogens is 389 g/mol. The predicted molar refractivity (Wildman–Crippen MR) is 100 cm³/mol. The van der Waals surface area contributed by atoms with Crippen molar-refractivity contribution in [1.29, 1.82) is 0 Å². The van der Waals surface area contributed by atoms with Crippen molar-refractivity contribution in [1.82, 2.24) is 0 Å². The highest BCUT2D eigenvalue weighted by Gasteiger charge is 2.03. The Balaban J connectivity index is 1.86. The van der Waals surface area contributed by atoms with Gasteiger partial charge in [-0.25, -0.2) is 0 Å². The molecule has 0 spiro atoms. The van der Waals surface area contributed by atoms with Crippen LogP contribution in [0.2, 0.25) is 0 Å². The molecule has 1 aromatic rings. The number of unbranched alkanes of at least 4 members (excludes halogenated alkanes) is 5. The fourth-order valence-electron chi connectivity index (χ4n) is 2.29. The van der Waals surface area contributed by atoms with Crippen LogP contribution in [0, 0.1) is 0 Å². The van der Waals surface area contributed by atoms with Gasteiger partial charge < -0.3 is 4.74 Å². The maximum Gasteiger partial charge on any atom is 0.0716 e. The molecule has 1 rings (SSSR count). The van der Waals surface area contributed by atoms with E-state index in [-0.39, 0.29) is 6.04 Å². The van der Waals surface area contributed by atoms with Crippen LogP contribution in [-0.2, 0) is 11.3 Å². The van der Waals surface area contributed by atoms with Gasteiger partial charge in [0.2, 0.25) is 0 Å². The molecule has 5 heteroatoms. The Morgan fingerprint density at radius 3 is 2.41 bits per heavy atom. The van der Waals surface area contributed by atoms with Gasteiger partial charge in [-0.1, -0.05) is 90.1 Å². The van der Waals surface area contributed by atoms with Crippen molar-refractivity contribution < 1.29 is 4.74 Å². The lowest BCUT2D eigenvalue weighted by molar-refractivity contribution is 0.116. The van der Waals surface area contributed by atoms with Crippen molar-refractivity contribution in [3.63, 3.8) is 0 Å². The standard InChI is InChI=1S/C17H26IN3O/c18-14-17(20-21-19)12-8-3-1-2-4-9-13-22-15-16-10-6-5-7-11-16/h5-7,10-11,17H,1-4,8-9,12-15H2. The molecule has 22 heavy (non-hydrogen) atoms. The summed E-state index contributed by atoms with van der Waals surface area (Å²) in [6, 6.07) is 10.5. The molecule has 0 fully saturated rings. The molecule has 0 N–H and O–H groups in total. The van der Waals surface area contributed by atoms with E-state index in [1.807, 2.05) is 18.2 Å². The van der Waals surface area contributed by atoms with Crippen molar-refractivity contribution in [3.05, 3.63) is 46.3 Å². The van der Waals surface area contributed by atoms with Crippen molar-refractivity contribution in [2.24, 2.45) is 5.11 Å². The van der Waals surface area contributed by atoms with E-state index in [1.165, 1.54) is 31.2 Å². The number of halogens is 1. The third kappa shape index (κ3) is 10.0. The number of alkyl halides is 1. The van der Waals surface area contributed by atoms with Crippen molar-refractivity contribution >= 4 is 22.6 Å². The van der Waals surface area contributed by atoms with Crippen LogP contribution in [0.5, 0.6) is 0 Å². The quantitative estimate of drug-likeness (QED) is 0.0967. The van der Waals surface area contributed by atoms with Crippen LogP contribution in [0.1, 0.15) is 50.5 Å². The molecule has 0 saturated carbocycles. The first kappa shape index (κ1) is 19.3. The summed E-state index contributed by atoms with van der Waals surface area (Å²) in [7, 11) is 0. The number of benzene rings is 1. The Hall–Kier alpha value is -0.780. The zero-order valence-corrected chi connectivity index (χ0v) is 15.3. The van der Waals surface area contributed by atoms with E-state index in [0.29, 0.717) is 0 Å². The van der Waals surface area contributed by atoms with Crippen molar-refractivity contribution in [2.45, 2.75) is 57.6 Å². The average molecular weight is 415 g/mol. The van der Waals surface area contributed by atoms with E-state index < -0.39 is 0 Å². The fourth-order valence-corrected chi connectivity index (χ4v) is 2.91. The summed E-state index contributed by atoms with van der Waals surface area (Å²) in [5.41, 5.74) is 9.67. The van der Waals surface area contributed by atoms with Crippen LogP contribution in [0.25, 0.3) is 10.4 Å². The molecular formula is C17H26IN3O. The second-order valence-corrected chi connectivity index (χ2v) is 6.34. The molecule has 0 radical (unpaired) electrons. The number of nitrogens with zero attached hydrogens (tertiary/aromatic N) is 3. The lowest BCUT2D eigenvalue weighted by Crippen LogP contribution is -2.04. The first-order valence-corrected chi connectivity index (χ1v) is 9.61. The van der Waals surface area contributed by atoms with E-state index in [0.717, 1.165) is 36.9 Å². The SMILES string of the molecule is [N-]=[N+]=NC(CI)CCCCCCCCOCc1ccccc1. The number of hydrogen-bond donors (Lipinski definition) is 0. The molecule has 4 nitrogen and oxygen atoms in total. The second kappa shape index (κ2) is 13.9. The summed E-state index contributed by atoms with van der Waals surface area (Å²) in [6.45, 7) is 1.57. The largest absolute Gasteiger partial charge is 0.377 e. The Bertz CT molecular complexity index is 421. The average Bonchev–Trinajstić information content (AvgIpc) is 2.56. The molecule has 122 valence electrons. The van der Waals surface area contributed by atoms with E-state index in [1.54, 1.807) is 0 Å². The van der Waals surface area contributed by atoms with Gasteiger partial charge in [0.15, 0.2) is 0 Å². The van der Waals surface area contributed by atoms with Crippen LogP contribution in [0.4, 0.5) is 0 Å². The lowest BCUT2D eigenvalue weighted by Gasteiger charge is -2.07. The number of rotatable bonds is 13. The Labute approximate surface area is 147 Å². The molecule has 0 aliphatic rings. The highest BCUT2D eigenvalue weighted by molar-refractivity contribution is 14.1. The van der Waals surface area contributed by atoms with Gasteiger partial charge in [0.1, 0.15) is 0 Å². The highest BCUT2D eigenvalue weighted by atomic mass is 127. The third-order valence-corrected chi connectivity index (χ3v) is 4.60. The van der Waals surface area contributed by atoms with Gasteiger partial charge >= 0.3 is 0 Å². The molecule has 1 aromatic carbocycles. The second-order valence-electron chi connectivity index (χ2n) is 5.46. The van der Waals surface area contributed by atoms with E-state index in [9.17, 15) is 0 Å². The summed E-state index contributed by atoms with van der Waals surface area (Å²) < 4.78 is 6.59. The van der Waals surface area contributed by atoms with Gasteiger partial charge in [-0.2, -0.15) is 0 Å². The van der Waals surface area contributed by atoms with E-state index in [4.69, 9.17) is 10.3 Å². The van der Waals surface area contributed by atoms with Gasteiger partial charge in [0.25, 0.3) is 0 Å². The fraction of sp³-hybridized carbons (Fsp3) is 0.647. The van der Waals surface area contributed by atoms with Crippen LogP contribution in [0.3, 0.4) is 0 Å². The number of azide groups is 1. The van der Waals surface area contributed by atoms with Gasteiger partial charge in [0, 0.05) is 22.0 Å². The predicted octanol–water partition coefficient (Wildman–Crippen LogP) is 6.05. The first-order chi connectivity index (χ1) is 10.9. The molecule has 0 saturated heterocycles. The molecule has 0 aliphatic carbocycles. The molecule has 0 aromatic heterocycles. The van der Waals surface area contributed by atoms with Crippen LogP contribution >= 0.6 is 22.6 Å². The van der Waals surface area contributed by atoms with Gasteiger partial charge in [-0.15, -0.1) is 0 Å². The minimum atomic E-state index is 0.178. The van der Waals surface area contributed by atoms with Crippen LogP contribution in [0.15, 0.2) is 35.4 Å². The topological polar surface area (TPSA) is 58.0 Å². The normalized spacial score (nSPS) is 11.9. The zero-order chi connectivity index (χ0) is 15.9. The zero-order valence-electron chi connectivity index (χ0n) is 13.2. The summed E-state index contributed by atoms with van der Waals surface area (Å²) in [4.78, 5) is 2.89. The van der Waals surface area contributed by atoms with Crippen molar-refractivity contribution in [3.8, 4) is 0 Å². The minimum absolute atomic E-state index is 0.178. The Morgan fingerprint density at radius 1 is 1.05 bits per heavy atom. The smallest absolute Gasteiger partial charge is 0.0716 e. The molecule has 0 aliphatic heterocycles. The Kier molecular flexibility index (Phi) is 12.1. The minimum Gasteiger partial charge on any atom is -0.377 e. The number of ether oxygens (including phenoxy) is 1. The van der Waals surface area contributed by atoms with Crippen LogP contribution in [-0.4, -0.2) is 17.1 Å². The van der Waals surface area contributed by atoms with Gasteiger partial charge in [-0.05, 0) is 23.9 Å². The monoisotopic (exact) mass is 415 g/mol. The third-order valence-electron chi connectivity index (χ3n) is 3.58. The van der Waals surface area contributed by atoms with Crippen LogP contribution < -0.4 is 0 Å². The Morgan fingerprint density at radius 2 is 1.73 bits per heavy atom. The summed E-state index contributed by atoms with van der Waals surface area (Å²) in [5, 5.41) is 3.79. The van der Waals surface area contributed by atoms with E-state index in [2.05, 4.69) is 44.7 Å². The maximum atomic E-state index is 8.43. The molecule has 1 unspecified atom stereocenters. The van der Waals surface area contributed by atoms with Gasteiger partial charge in [0.05, 0.1) is 6.61 Å². The lowest BCUT2D eigenvalue weighted by atomic mass is 10.1. The molecule has 0 heterocycles. The first-order valence-electron chi connectivity index (χ1n) is 8.08. The van der Waals surface area contributed by atoms with Crippen molar-refractivity contribution in [2.75, 3.05) is 11.0 Å². The molecule has 0 bridgehead atoms.